The molecule has 1 N–H and O–H groups in total. The van der Waals surface area contributed by atoms with Crippen molar-refractivity contribution in [2.45, 2.75) is 0 Å². The Hall–Kier alpha value is 3.02. The Kier molecular flexibility index (Phi) is 41.2. The monoisotopic (exact) mass is 665 g/mol. The molecule has 17 heavy (non-hydrogen) atoms. The molecule has 0 aliphatic rings. The molecule has 1 aromatic rings. The summed E-state index contributed by atoms with van der Waals surface area (Å²) < 4.78 is 6.38. The number of benzene rings is 1. The smallest absolute Gasteiger partial charge is 0.147 e. The third-order valence-electron chi connectivity index (χ3n) is 1.19. The van der Waals surface area contributed by atoms with E-state index in [0.29, 0.717) is 0 Å². The molecule has 108 valence electrons. The Bertz CT molecular complexity index is 293. The maximum Gasteiger partial charge on any atom is -0.147 e. The summed E-state index contributed by atoms with van der Waals surface area (Å²) in [5.41, 5.74) is 1.13. The van der Waals surface area contributed by atoms with Crippen LogP contribution in [0.1, 0.15) is 0 Å². The molecule has 0 heterocycles. The maximum atomic E-state index is 3.47. The van der Waals surface area contributed by atoms with Crippen molar-refractivity contribution in [2.75, 3.05) is 3.48 Å². The number of hydrogen-bond acceptors (Lipinski definition) is 1. The Morgan fingerprint density at radius 2 is 1.18 bits per heavy atom. The van der Waals surface area contributed by atoms with Gasteiger partial charge in [-0.3, -0.25) is 0 Å². The van der Waals surface area contributed by atoms with E-state index in [1.54, 1.807) is 0 Å². The average molecular weight is 671 g/mol. The quantitative estimate of drug-likeness (QED) is 0.309. The van der Waals surface area contributed by atoms with Gasteiger partial charge < -0.3 is 0 Å². The van der Waals surface area contributed by atoms with Crippen LogP contribution in [-0.2, 0) is 0 Å². The normalized spacial score (nSPS) is 6.35. The third-order valence-corrected chi connectivity index (χ3v) is 5.45. The van der Waals surface area contributed by atoms with E-state index in [0.717, 1.165) is 42.4 Å². The number of anilines is 1. The molecule has 0 fully saturated rings. The van der Waals surface area contributed by atoms with Crippen LogP contribution >= 0.6 is 122 Å². The Labute approximate surface area is 177 Å². The van der Waals surface area contributed by atoms with Crippen LogP contribution in [0.2, 0.25) is 0 Å². The van der Waals surface area contributed by atoms with Gasteiger partial charge in [0.2, 0.25) is 0 Å². The molecule has 0 aliphatic heterocycles. The van der Waals surface area contributed by atoms with E-state index in [1.165, 1.54) is 0 Å². The summed E-state index contributed by atoms with van der Waals surface area (Å²) in [6.07, 6.45) is 0. The second-order valence-electron chi connectivity index (χ2n) is 1.87. The molecule has 0 radical (unpaired) electrons. The molecule has 1 aromatic carbocycles. The molecule has 0 bridgehead atoms. The molecule has 0 saturated carbocycles. The maximum absolute atomic E-state index is 3.47. The first kappa shape index (κ1) is 36.8. The number of halogens is 9. The fourth-order valence-electron chi connectivity index (χ4n) is 0.637. The first-order valence-electron chi connectivity index (χ1n) is 2.77. The van der Waals surface area contributed by atoms with Gasteiger partial charge in [-0.05, 0) is 0 Å². The first-order valence-corrected chi connectivity index (χ1v) is 6.79. The first-order chi connectivity index (χ1) is 5.16. The van der Waals surface area contributed by atoms with Crippen LogP contribution in [0.3, 0.4) is 0 Å². The number of hydrogen-bond donors (Lipinski definition) is 1. The molecule has 1 rings (SSSR count). The molecular weight excluding hydrogens is 660 g/mol. The summed E-state index contributed by atoms with van der Waals surface area (Å²) in [6, 6.07) is 4.04. The third kappa shape index (κ3) is 11.4. The molecule has 0 aromatic heterocycles. The fourth-order valence-corrected chi connectivity index (χ4v) is 3.33. The van der Waals surface area contributed by atoms with Crippen LogP contribution in [0.5, 0.6) is 0 Å². The topological polar surface area (TPSA) is 12.0 Å². The molecule has 0 saturated heterocycles. The molecule has 1 nitrogen and oxygen atoms in total. The second-order valence-corrected chi connectivity index (χ2v) is 5.13. The van der Waals surface area contributed by atoms with Gasteiger partial charge in [-0.2, -0.15) is 0 Å². The van der Waals surface area contributed by atoms with E-state index in [-0.39, 0.29) is 74.4 Å². The van der Waals surface area contributed by atoms with Gasteiger partial charge in [0.05, 0.1) is 0 Å². The van der Waals surface area contributed by atoms with Gasteiger partial charge in [-0.1, -0.05) is 0 Å². The van der Waals surface area contributed by atoms with Crippen molar-refractivity contribution in [3.05, 3.63) is 25.6 Å². The Balaban J connectivity index is -0.0000000504. The van der Waals surface area contributed by atoms with Gasteiger partial charge in [0.15, 0.2) is 0 Å². The van der Waals surface area contributed by atoms with Crippen LogP contribution in [0.25, 0.3) is 0 Å². The minimum atomic E-state index is 0. The zero-order valence-electron chi connectivity index (χ0n) is 7.82. The molecular formula is C6H11Br3Cl6NSb. The SMILES string of the molecule is Brc1ccc([NH][SbH2])c(Br)c1Br.Cl.Cl.Cl.Cl.Cl.Cl. The number of rotatable bonds is 1. The van der Waals surface area contributed by atoms with Gasteiger partial charge in [0, 0.05) is 0 Å². The van der Waals surface area contributed by atoms with Crippen LogP contribution < -0.4 is 3.48 Å². The van der Waals surface area contributed by atoms with E-state index < -0.39 is 0 Å². The zero-order valence-corrected chi connectivity index (χ0v) is 20.8. The van der Waals surface area contributed by atoms with Crippen LogP contribution in [-0.4, -0.2) is 23.3 Å². The Morgan fingerprint density at radius 3 is 1.53 bits per heavy atom. The average Bonchev–Trinajstić information content (AvgIpc) is 2.01. The van der Waals surface area contributed by atoms with E-state index >= 15 is 0 Å². The molecule has 0 atom stereocenters. The minimum Gasteiger partial charge on any atom is -0.147 e. The molecule has 0 aliphatic carbocycles. The van der Waals surface area contributed by atoms with E-state index in [4.69, 9.17) is 0 Å². The standard InChI is InChI=1S/C6H3Br3N.6ClH.Sb.2H/c7-3-1-2-4(10)6(9)5(3)8;;;;;;;;;/h1-2,10H;6*1H;;;/q-1;;;;;;;+1;;. The summed E-state index contributed by atoms with van der Waals surface area (Å²) in [5, 5.41) is 0. The van der Waals surface area contributed by atoms with Gasteiger partial charge in [0.1, 0.15) is 0 Å². The molecule has 0 unspecified atom stereocenters. The van der Waals surface area contributed by atoms with Crippen molar-refractivity contribution < 1.29 is 0 Å². The van der Waals surface area contributed by atoms with Crippen LogP contribution in [0.15, 0.2) is 25.6 Å². The molecule has 11 heteroatoms. The van der Waals surface area contributed by atoms with E-state index in [2.05, 4.69) is 51.3 Å². The summed E-state index contributed by atoms with van der Waals surface area (Å²) in [5.74, 6) is 0. The summed E-state index contributed by atoms with van der Waals surface area (Å²) in [6.45, 7) is 0. The van der Waals surface area contributed by atoms with Crippen LogP contribution in [0, 0.1) is 0 Å². The van der Waals surface area contributed by atoms with Gasteiger partial charge in [0.25, 0.3) is 0 Å². The molecule has 0 amide bonds. The predicted octanol–water partition coefficient (Wildman–Crippen LogP) is 5.46. The van der Waals surface area contributed by atoms with Gasteiger partial charge in [-0.15, -0.1) is 74.4 Å². The van der Waals surface area contributed by atoms with Gasteiger partial charge >= 0.3 is 106 Å². The Morgan fingerprint density at radius 1 is 0.765 bits per heavy atom. The summed E-state index contributed by atoms with van der Waals surface area (Å²) >= 11 is 11.4. The van der Waals surface area contributed by atoms with E-state index in [9.17, 15) is 0 Å². The van der Waals surface area contributed by atoms with Crippen molar-refractivity contribution in [3.63, 3.8) is 0 Å². The zero-order chi connectivity index (χ0) is 8.43. The van der Waals surface area contributed by atoms with Crippen molar-refractivity contribution in [2.24, 2.45) is 0 Å². The summed E-state index contributed by atoms with van der Waals surface area (Å²) in [7, 11) is 0. The van der Waals surface area contributed by atoms with Crippen molar-refractivity contribution >= 4 is 151 Å². The number of nitrogens with one attached hydrogen (secondary N) is 1. The largest absolute Gasteiger partial charge is 0.147 e. The predicted molar refractivity (Wildman–Crippen MR) is 105 cm³/mol. The van der Waals surface area contributed by atoms with Gasteiger partial charge in [-0.25, -0.2) is 0 Å². The second kappa shape index (κ2) is 19.0. The van der Waals surface area contributed by atoms with E-state index in [1.807, 2.05) is 12.1 Å². The van der Waals surface area contributed by atoms with Crippen LogP contribution in [0.4, 0.5) is 5.69 Å². The van der Waals surface area contributed by atoms with Crippen molar-refractivity contribution in [1.82, 2.24) is 0 Å². The summed E-state index contributed by atoms with van der Waals surface area (Å²) in [4.78, 5) is 0. The van der Waals surface area contributed by atoms with Crippen molar-refractivity contribution in [1.29, 1.82) is 0 Å². The minimum absolute atomic E-state index is 0. The molecule has 0 spiro atoms. The fraction of sp³-hybridized carbons (Fsp3) is 0. The van der Waals surface area contributed by atoms with Crippen molar-refractivity contribution in [3.8, 4) is 0 Å².